The Bertz CT molecular complexity index is 1700. The van der Waals surface area contributed by atoms with Crippen LogP contribution in [0.25, 0.3) is 0 Å². The monoisotopic (exact) mass is 645 g/mol. The summed E-state index contributed by atoms with van der Waals surface area (Å²) in [4.78, 5) is 32.2. The molecule has 0 radical (unpaired) electrons. The van der Waals surface area contributed by atoms with Crippen LogP contribution in [0.2, 0.25) is 0 Å². The molecular formula is C35H39N3O9. The van der Waals surface area contributed by atoms with E-state index in [0.717, 1.165) is 12.0 Å². The van der Waals surface area contributed by atoms with E-state index in [4.69, 9.17) is 20.9 Å². The number of aryl methyl sites for hydroxylation is 1. The van der Waals surface area contributed by atoms with Gasteiger partial charge in [-0.25, -0.2) is 4.99 Å². The van der Waals surface area contributed by atoms with Crippen molar-refractivity contribution in [3.05, 3.63) is 93.5 Å². The fourth-order valence-corrected chi connectivity index (χ4v) is 7.04. The quantitative estimate of drug-likeness (QED) is 0.108. The van der Waals surface area contributed by atoms with Crippen LogP contribution in [0, 0.1) is 0 Å². The van der Waals surface area contributed by atoms with E-state index in [9.17, 15) is 35.1 Å². The molecule has 3 aromatic carbocycles. The van der Waals surface area contributed by atoms with Crippen molar-refractivity contribution >= 4 is 17.5 Å². The van der Waals surface area contributed by atoms with Crippen LogP contribution in [-0.2, 0) is 24.1 Å². The minimum absolute atomic E-state index is 0.00904. The number of phenolic OH excluding ortho intramolecular Hbond substituents is 1. The van der Waals surface area contributed by atoms with Crippen molar-refractivity contribution in [2.75, 3.05) is 0 Å². The Morgan fingerprint density at radius 1 is 0.830 bits per heavy atom. The molecule has 2 fully saturated rings. The molecule has 248 valence electrons. The number of ether oxygens (including phenoxy) is 2. The number of rotatable bonds is 8. The Kier molecular flexibility index (Phi) is 9.05. The van der Waals surface area contributed by atoms with Gasteiger partial charge in [0.1, 0.15) is 24.4 Å². The molecule has 1 saturated carbocycles. The number of aliphatic imine (C=N–C) groups is 1. The van der Waals surface area contributed by atoms with Gasteiger partial charge in [-0.2, -0.15) is 0 Å². The minimum atomic E-state index is -1.83. The summed E-state index contributed by atoms with van der Waals surface area (Å²) >= 11 is 0. The molecule has 47 heavy (non-hydrogen) atoms. The van der Waals surface area contributed by atoms with Crippen LogP contribution >= 0.6 is 0 Å². The maximum Gasteiger partial charge on any atom is 0.229 e. The van der Waals surface area contributed by atoms with E-state index >= 15 is 0 Å². The first-order chi connectivity index (χ1) is 22.5. The van der Waals surface area contributed by atoms with Crippen molar-refractivity contribution in [1.29, 1.82) is 0 Å². The molecule has 12 nitrogen and oxygen atoms in total. The van der Waals surface area contributed by atoms with Crippen molar-refractivity contribution in [2.45, 2.75) is 87.8 Å². The molecule has 3 aromatic rings. The lowest BCUT2D eigenvalue weighted by molar-refractivity contribution is -0.308. The van der Waals surface area contributed by atoms with Gasteiger partial charge in [0.05, 0.1) is 17.7 Å². The number of ketones is 2. The van der Waals surface area contributed by atoms with Crippen molar-refractivity contribution in [3.8, 4) is 11.5 Å². The number of aliphatic hydroxyl groups is 4. The van der Waals surface area contributed by atoms with Gasteiger partial charge >= 0.3 is 0 Å². The number of carbonyl (C=O) groups is 2. The molecule has 0 amide bonds. The predicted octanol–water partition coefficient (Wildman–Crippen LogP) is 1.61. The molecule has 0 bridgehead atoms. The van der Waals surface area contributed by atoms with E-state index in [1.807, 2.05) is 30.3 Å². The van der Waals surface area contributed by atoms with Gasteiger partial charge in [-0.1, -0.05) is 73.9 Å². The molecule has 6 rings (SSSR count). The smallest absolute Gasteiger partial charge is 0.229 e. The number of aromatic hydroxyl groups is 1. The van der Waals surface area contributed by atoms with Gasteiger partial charge in [-0.3, -0.25) is 9.59 Å². The van der Waals surface area contributed by atoms with Crippen molar-refractivity contribution in [2.24, 2.45) is 16.5 Å². The zero-order valence-corrected chi connectivity index (χ0v) is 25.7. The summed E-state index contributed by atoms with van der Waals surface area (Å²) in [6.07, 6.45) is -4.84. The molecule has 12 heteroatoms. The average Bonchev–Trinajstić information content (AvgIpc) is 3.07. The van der Waals surface area contributed by atoms with Crippen molar-refractivity contribution < 1.29 is 44.6 Å². The second-order valence-corrected chi connectivity index (χ2v) is 12.5. The van der Waals surface area contributed by atoms with Crippen LogP contribution in [0.1, 0.15) is 80.6 Å². The van der Waals surface area contributed by atoms with E-state index in [2.05, 4.69) is 4.99 Å². The topological polar surface area (TPSA) is 218 Å². The van der Waals surface area contributed by atoms with Crippen LogP contribution < -0.4 is 16.2 Å². The van der Waals surface area contributed by atoms with Crippen molar-refractivity contribution in [1.82, 2.24) is 0 Å². The van der Waals surface area contributed by atoms with E-state index in [1.54, 1.807) is 18.2 Å². The summed E-state index contributed by atoms with van der Waals surface area (Å²) in [7, 11) is 0. The molecule has 9 N–H and O–H groups in total. The number of nitrogens with two attached hydrogens (primary N) is 2. The van der Waals surface area contributed by atoms with Crippen molar-refractivity contribution in [3.63, 3.8) is 0 Å². The van der Waals surface area contributed by atoms with Gasteiger partial charge in [0.2, 0.25) is 6.29 Å². The predicted molar refractivity (Wildman–Crippen MR) is 170 cm³/mol. The molecule has 3 aliphatic rings. The van der Waals surface area contributed by atoms with Crippen LogP contribution in [0.3, 0.4) is 0 Å². The highest BCUT2D eigenvalue weighted by atomic mass is 16.7. The molecule has 5 atom stereocenters. The average molecular weight is 646 g/mol. The molecule has 2 aliphatic carbocycles. The summed E-state index contributed by atoms with van der Waals surface area (Å²) in [5.41, 5.74) is 11.3. The minimum Gasteiger partial charge on any atom is -0.504 e. The van der Waals surface area contributed by atoms with Gasteiger partial charge in [0, 0.05) is 22.3 Å². The first kappa shape index (κ1) is 32.6. The number of fused-ring (bicyclic) bond motifs is 2. The lowest BCUT2D eigenvalue weighted by Crippen LogP contribution is -2.65. The maximum absolute atomic E-state index is 14.1. The second kappa shape index (κ2) is 13.1. The molecular weight excluding hydrogens is 606 g/mol. The third-order valence-electron chi connectivity index (χ3n) is 9.49. The normalized spacial score (nSPS) is 25.1. The Morgan fingerprint density at radius 3 is 2.09 bits per heavy atom. The first-order valence-corrected chi connectivity index (χ1v) is 15.8. The second-order valence-electron chi connectivity index (χ2n) is 12.5. The van der Waals surface area contributed by atoms with Gasteiger partial charge in [0.15, 0.2) is 29.0 Å². The van der Waals surface area contributed by atoms with Crippen LogP contribution in [-0.4, -0.2) is 79.4 Å². The summed E-state index contributed by atoms with van der Waals surface area (Å²) < 4.78 is 12.2. The van der Waals surface area contributed by atoms with E-state index in [-0.39, 0.29) is 52.5 Å². The summed E-state index contributed by atoms with van der Waals surface area (Å²) in [6, 6.07) is 15.8. The summed E-state index contributed by atoms with van der Waals surface area (Å²) in [5, 5.41) is 56.0. The molecule has 1 aliphatic heterocycles. The van der Waals surface area contributed by atoms with E-state index < -0.39 is 53.6 Å². The highest BCUT2D eigenvalue weighted by molar-refractivity contribution is 6.30. The number of aliphatic hydroxyl groups excluding tert-OH is 3. The number of carbonyl (C=O) groups excluding carboxylic acids is 2. The van der Waals surface area contributed by atoms with Gasteiger partial charge < -0.3 is 46.5 Å². The van der Waals surface area contributed by atoms with Crippen LogP contribution in [0.15, 0.2) is 59.6 Å². The first-order valence-electron chi connectivity index (χ1n) is 15.8. The molecule has 0 aromatic heterocycles. The summed E-state index contributed by atoms with van der Waals surface area (Å²) in [6.45, 7) is -0.285. The number of nitrogens with zero attached hydrogens (tertiary/aromatic N) is 1. The SMILES string of the molecule is NC(N)=NCc1c(CCc2ccccc2)c2c(c(O)c1O[C@H]1O[C@@H](C3(O)CCCCC3)[C@H](O)[C@@H](O)[C@@H]1O)C(=O)c1ccccc1C2=O. The lowest BCUT2D eigenvalue weighted by Gasteiger charge is -2.48. The Labute approximate surface area is 271 Å². The van der Waals surface area contributed by atoms with Gasteiger partial charge in [-0.15, -0.1) is 0 Å². The van der Waals surface area contributed by atoms with E-state index in [0.29, 0.717) is 37.7 Å². The number of benzene rings is 3. The maximum atomic E-state index is 14.1. The third-order valence-corrected chi connectivity index (χ3v) is 9.49. The van der Waals surface area contributed by atoms with E-state index in [1.165, 1.54) is 6.07 Å². The fourth-order valence-electron chi connectivity index (χ4n) is 7.04. The zero-order chi connectivity index (χ0) is 33.5. The Morgan fingerprint density at radius 2 is 1.45 bits per heavy atom. The number of hydrogen-bond acceptors (Lipinski definition) is 10. The zero-order valence-electron chi connectivity index (χ0n) is 25.7. The molecule has 0 spiro atoms. The third kappa shape index (κ3) is 5.99. The van der Waals surface area contributed by atoms with Crippen LogP contribution in [0.4, 0.5) is 0 Å². The van der Waals surface area contributed by atoms with Gasteiger partial charge in [-0.05, 0) is 36.8 Å². The molecule has 0 unspecified atom stereocenters. The largest absolute Gasteiger partial charge is 0.504 e. The standard InChI is InChI=1S/C35H39N3O9/c36-34(37)38-17-22-19(14-13-18-9-3-1-4-10-18)23-24(26(40)21-12-6-5-11-20(21)25(23)39)27(41)31(22)46-33-30(44)28(42)29(43)32(47-33)35(45)15-7-2-8-16-35/h1,3-6,9-12,28-30,32-33,41-45H,2,7-8,13-17H2,(H4,36,37,38)/t28-,29-,30+,32-,33+/m1/s1. The number of phenols is 1. The highest BCUT2D eigenvalue weighted by Gasteiger charge is 2.54. The number of hydrogen-bond donors (Lipinski definition) is 7. The lowest BCUT2D eigenvalue weighted by atomic mass is 9.76. The Balaban J connectivity index is 1.51. The molecule has 1 saturated heterocycles. The van der Waals surface area contributed by atoms with Crippen LogP contribution in [0.5, 0.6) is 11.5 Å². The highest BCUT2D eigenvalue weighted by Crippen LogP contribution is 2.46. The number of guanidine groups is 1. The summed E-state index contributed by atoms with van der Waals surface area (Å²) in [5.74, 6) is -2.40. The van der Waals surface area contributed by atoms with Gasteiger partial charge in [0.25, 0.3) is 0 Å². The fraction of sp³-hybridized carbons (Fsp3) is 0.400. The Hall–Kier alpha value is -4.33. The molecule has 1 heterocycles.